The SMILES string of the molecule is Cc1cc(Br)ccc1NC(=O)CNC(=O)CCc1cccc(OC2CCCC2)c1. The third-order valence-corrected chi connectivity index (χ3v) is 5.55. The summed E-state index contributed by atoms with van der Waals surface area (Å²) >= 11 is 3.40. The van der Waals surface area contributed by atoms with E-state index in [1.54, 1.807) is 0 Å². The summed E-state index contributed by atoms with van der Waals surface area (Å²) in [7, 11) is 0. The third kappa shape index (κ3) is 6.89. The highest BCUT2D eigenvalue weighted by molar-refractivity contribution is 9.10. The molecule has 0 saturated heterocycles. The second-order valence-electron chi connectivity index (χ2n) is 7.46. The quantitative estimate of drug-likeness (QED) is 0.598. The van der Waals surface area contributed by atoms with Gasteiger partial charge in [0.05, 0.1) is 12.6 Å². The number of nitrogens with one attached hydrogen (secondary N) is 2. The second kappa shape index (κ2) is 10.4. The van der Waals surface area contributed by atoms with Crippen LogP contribution >= 0.6 is 15.9 Å². The number of amides is 2. The van der Waals surface area contributed by atoms with E-state index >= 15 is 0 Å². The molecule has 6 heteroatoms. The van der Waals surface area contributed by atoms with E-state index in [0.29, 0.717) is 18.9 Å². The molecular weight excluding hydrogens is 432 g/mol. The van der Waals surface area contributed by atoms with Gasteiger partial charge in [0.25, 0.3) is 0 Å². The molecule has 5 nitrogen and oxygen atoms in total. The van der Waals surface area contributed by atoms with Gasteiger partial charge in [0.15, 0.2) is 0 Å². The van der Waals surface area contributed by atoms with Crippen molar-refractivity contribution >= 4 is 33.4 Å². The summed E-state index contributed by atoms with van der Waals surface area (Å²) in [5.41, 5.74) is 2.76. The molecule has 2 amide bonds. The average Bonchev–Trinajstić information content (AvgIpc) is 3.20. The fraction of sp³-hybridized carbons (Fsp3) is 0.391. The zero-order valence-electron chi connectivity index (χ0n) is 16.7. The number of halogens is 1. The first-order chi connectivity index (χ1) is 14.0. The normalized spacial score (nSPS) is 13.9. The Balaban J connectivity index is 1.41. The lowest BCUT2D eigenvalue weighted by molar-refractivity contribution is -0.124. The van der Waals surface area contributed by atoms with E-state index in [1.165, 1.54) is 12.8 Å². The van der Waals surface area contributed by atoms with E-state index in [-0.39, 0.29) is 18.4 Å². The predicted octanol–water partition coefficient (Wildman–Crippen LogP) is 4.77. The topological polar surface area (TPSA) is 67.4 Å². The van der Waals surface area contributed by atoms with Gasteiger partial charge in [-0.15, -0.1) is 0 Å². The largest absolute Gasteiger partial charge is 0.490 e. The molecule has 1 fully saturated rings. The van der Waals surface area contributed by atoms with Crippen molar-refractivity contribution in [1.29, 1.82) is 0 Å². The zero-order chi connectivity index (χ0) is 20.6. The molecule has 154 valence electrons. The van der Waals surface area contributed by atoms with Gasteiger partial charge in [-0.05, 0) is 80.5 Å². The Morgan fingerprint density at radius 1 is 1.10 bits per heavy atom. The van der Waals surface area contributed by atoms with Gasteiger partial charge < -0.3 is 15.4 Å². The van der Waals surface area contributed by atoms with Crippen molar-refractivity contribution < 1.29 is 14.3 Å². The number of aryl methyl sites for hydroxylation is 2. The van der Waals surface area contributed by atoms with Crippen molar-refractivity contribution in [3.63, 3.8) is 0 Å². The molecule has 0 spiro atoms. The summed E-state index contributed by atoms with van der Waals surface area (Å²) in [6, 6.07) is 13.6. The Labute approximate surface area is 180 Å². The summed E-state index contributed by atoms with van der Waals surface area (Å²) in [6.07, 6.45) is 5.97. The molecule has 3 rings (SSSR count). The molecule has 29 heavy (non-hydrogen) atoms. The van der Waals surface area contributed by atoms with Crippen molar-refractivity contribution in [3.8, 4) is 5.75 Å². The monoisotopic (exact) mass is 458 g/mol. The van der Waals surface area contributed by atoms with Crippen LogP contribution in [-0.2, 0) is 16.0 Å². The molecule has 2 aromatic carbocycles. The molecular formula is C23H27BrN2O3. The first kappa shape index (κ1) is 21.4. The smallest absolute Gasteiger partial charge is 0.243 e. The van der Waals surface area contributed by atoms with Crippen molar-refractivity contribution in [2.24, 2.45) is 0 Å². The Kier molecular flexibility index (Phi) is 7.69. The fourth-order valence-electron chi connectivity index (χ4n) is 3.46. The molecule has 0 unspecified atom stereocenters. The summed E-state index contributed by atoms with van der Waals surface area (Å²) in [4.78, 5) is 24.2. The van der Waals surface area contributed by atoms with Gasteiger partial charge in [0.1, 0.15) is 5.75 Å². The lowest BCUT2D eigenvalue weighted by atomic mass is 10.1. The maximum absolute atomic E-state index is 12.1. The molecule has 2 aromatic rings. The standard InChI is InChI=1S/C23H27BrN2O3/c1-16-13-18(24)10-11-21(16)26-23(28)15-25-22(27)12-9-17-5-4-8-20(14-17)29-19-6-2-3-7-19/h4-5,8,10-11,13-14,19H,2-3,6-7,9,12,15H2,1H3,(H,25,27)(H,26,28). The van der Waals surface area contributed by atoms with E-state index < -0.39 is 0 Å². The predicted molar refractivity (Wildman–Crippen MR) is 118 cm³/mol. The minimum atomic E-state index is -0.240. The summed E-state index contributed by atoms with van der Waals surface area (Å²) in [5.74, 6) is 0.490. The number of hydrogen-bond donors (Lipinski definition) is 2. The second-order valence-corrected chi connectivity index (χ2v) is 8.37. The molecule has 0 heterocycles. The molecule has 0 atom stereocenters. The molecule has 0 radical (unpaired) electrons. The third-order valence-electron chi connectivity index (χ3n) is 5.05. The van der Waals surface area contributed by atoms with Gasteiger partial charge in [-0.2, -0.15) is 0 Å². The Hall–Kier alpha value is -2.34. The van der Waals surface area contributed by atoms with Gasteiger partial charge in [0, 0.05) is 16.6 Å². The number of carbonyl (C=O) groups excluding carboxylic acids is 2. The lowest BCUT2D eigenvalue weighted by Gasteiger charge is -2.14. The summed E-state index contributed by atoms with van der Waals surface area (Å²) in [5, 5.41) is 5.50. The van der Waals surface area contributed by atoms with Crippen molar-refractivity contribution in [3.05, 3.63) is 58.1 Å². The van der Waals surface area contributed by atoms with Crippen LogP contribution in [-0.4, -0.2) is 24.5 Å². The van der Waals surface area contributed by atoms with Crippen LogP contribution in [0, 0.1) is 6.92 Å². The highest BCUT2D eigenvalue weighted by Gasteiger charge is 2.16. The average molecular weight is 459 g/mol. The van der Waals surface area contributed by atoms with Crippen LogP contribution in [0.15, 0.2) is 46.9 Å². The maximum atomic E-state index is 12.1. The minimum Gasteiger partial charge on any atom is -0.490 e. The Morgan fingerprint density at radius 3 is 2.66 bits per heavy atom. The minimum absolute atomic E-state index is 0.0425. The van der Waals surface area contributed by atoms with Gasteiger partial charge in [-0.25, -0.2) is 0 Å². The van der Waals surface area contributed by atoms with Crippen LogP contribution in [0.2, 0.25) is 0 Å². The lowest BCUT2D eigenvalue weighted by Crippen LogP contribution is -2.33. The van der Waals surface area contributed by atoms with Crippen molar-refractivity contribution in [2.75, 3.05) is 11.9 Å². The van der Waals surface area contributed by atoms with Crippen molar-refractivity contribution in [2.45, 2.75) is 51.6 Å². The van der Waals surface area contributed by atoms with E-state index in [1.807, 2.05) is 49.4 Å². The molecule has 0 bridgehead atoms. The molecule has 1 saturated carbocycles. The van der Waals surface area contributed by atoms with Crippen LogP contribution in [0.1, 0.15) is 43.2 Å². The molecule has 1 aliphatic carbocycles. The van der Waals surface area contributed by atoms with Crippen LogP contribution in [0.3, 0.4) is 0 Å². The van der Waals surface area contributed by atoms with E-state index in [4.69, 9.17) is 4.74 Å². The van der Waals surface area contributed by atoms with Gasteiger partial charge in [-0.1, -0.05) is 28.1 Å². The molecule has 0 aromatic heterocycles. The van der Waals surface area contributed by atoms with Crippen LogP contribution in [0.25, 0.3) is 0 Å². The highest BCUT2D eigenvalue weighted by Crippen LogP contribution is 2.25. The zero-order valence-corrected chi connectivity index (χ0v) is 18.3. The molecule has 1 aliphatic rings. The number of hydrogen-bond acceptors (Lipinski definition) is 3. The summed E-state index contributed by atoms with van der Waals surface area (Å²) < 4.78 is 6.98. The first-order valence-corrected chi connectivity index (χ1v) is 10.9. The maximum Gasteiger partial charge on any atom is 0.243 e. The highest BCUT2D eigenvalue weighted by atomic mass is 79.9. The summed E-state index contributed by atoms with van der Waals surface area (Å²) in [6.45, 7) is 1.88. The van der Waals surface area contributed by atoms with Crippen LogP contribution in [0.4, 0.5) is 5.69 Å². The number of anilines is 1. The van der Waals surface area contributed by atoms with Crippen LogP contribution < -0.4 is 15.4 Å². The number of benzene rings is 2. The van der Waals surface area contributed by atoms with Gasteiger partial charge in [0.2, 0.25) is 11.8 Å². The first-order valence-electron chi connectivity index (χ1n) is 10.1. The van der Waals surface area contributed by atoms with Crippen LogP contribution in [0.5, 0.6) is 5.75 Å². The molecule has 0 aliphatic heterocycles. The Bertz CT molecular complexity index is 863. The number of rotatable bonds is 8. The van der Waals surface area contributed by atoms with Crippen molar-refractivity contribution in [1.82, 2.24) is 5.32 Å². The van der Waals surface area contributed by atoms with E-state index in [2.05, 4.69) is 26.6 Å². The van der Waals surface area contributed by atoms with Gasteiger partial charge in [-0.3, -0.25) is 9.59 Å². The van der Waals surface area contributed by atoms with Gasteiger partial charge >= 0.3 is 0 Å². The number of carbonyl (C=O) groups is 2. The number of ether oxygens (including phenoxy) is 1. The fourth-order valence-corrected chi connectivity index (χ4v) is 3.94. The van der Waals surface area contributed by atoms with E-state index in [0.717, 1.165) is 39.9 Å². The Morgan fingerprint density at radius 2 is 1.90 bits per heavy atom. The van der Waals surface area contributed by atoms with E-state index in [9.17, 15) is 9.59 Å². The molecule has 2 N–H and O–H groups in total.